The minimum atomic E-state index is 0.0896. The third-order valence-corrected chi connectivity index (χ3v) is 5.45. The van der Waals surface area contributed by atoms with Crippen molar-refractivity contribution in [2.45, 2.75) is 45.1 Å². The summed E-state index contributed by atoms with van der Waals surface area (Å²) in [5.41, 5.74) is 0. The fourth-order valence-electron chi connectivity index (χ4n) is 3.90. The Hall–Kier alpha value is -1.14. The Morgan fingerprint density at radius 1 is 1.12 bits per heavy atom. The minimum absolute atomic E-state index is 0.0896. The number of piperidine rings is 2. The molecular formula is C18H34N4O2. The number of hydrogen-bond acceptors (Lipinski definition) is 4. The van der Waals surface area contributed by atoms with E-state index in [0.717, 1.165) is 51.9 Å². The van der Waals surface area contributed by atoms with Crippen LogP contribution in [0.15, 0.2) is 0 Å². The second-order valence-electron chi connectivity index (χ2n) is 7.52. The molecule has 2 saturated heterocycles. The lowest BCUT2D eigenvalue weighted by molar-refractivity contribution is -0.135. The van der Waals surface area contributed by atoms with Gasteiger partial charge in [-0.25, -0.2) is 0 Å². The van der Waals surface area contributed by atoms with E-state index < -0.39 is 0 Å². The van der Waals surface area contributed by atoms with Crippen molar-refractivity contribution in [2.24, 2.45) is 5.92 Å². The first kappa shape index (κ1) is 19.2. The van der Waals surface area contributed by atoms with Crippen molar-refractivity contribution in [1.82, 2.24) is 20.0 Å². The number of nitrogens with one attached hydrogen (secondary N) is 1. The summed E-state index contributed by atoms with van der Waals surface area (Å²) >= 11 is 0. The predicted octanol–water partition coefficient (Wildman–Crippen LogP) is 0.777. The molecule has 1 unspecified atom stereocenters. The van der Waals surface area contributed by atoms with Crippen LogP contribution in [0.3, 0.4) is 0 Å². The first-order chi connectivity index (χ1) is 11.5. The molecule has 24 heavy (non-hydrogen) atoms. The van der Waals surface area contributed by atoms with E-state index in [4.69, 9.17) is 0 Å². The molecule has 0 spiro atoms. The summed E-state index contributed by atoms with van der Waals surface area (Å²) in [6, 6.07) is 0.396. The summed E-state index contributed by atoms with van der Waals surface area (Å²) in [6.07, 6.45) is 5.74. The van der Waals surface area contributed by atoms with Crippen molar-refractivity contribution >= 4 is 11.8 Å². The highest BCUT2D eigenvalue weighted by atomic mass is 16.2. The fraction of sp³-hybridized carbons (Fsp3) is 0.889. The number of carbonyl (C=O) groups is 2. The largest absolute Gasteiger partial charge is 0.358 e. The molecule has 2 aliphatic heterocycles. The van der Waals surface area contributed by atoms with Crippen LogP contribution in [0, 0.1) is 5.92 Å². The highest BCUT2D eigenvalue weighted by Crippen LogP contribution is 2.19. The van der Waals surface area contributed by atoms with Gasteiger partial charge in [-0.1, -0.05) is 0 Å². The van der Waals surface area contributed by atoms with E-state index >= 15 is 0 Å². The SMILES string of the molecule is CNC(=O)CN1CCC(CN(C)CC(=O)N2CCCCC2C)CC1. The summed E-state index contributed by atoms with van der Waals surface area (Å²) in [6.45, 7) is 7.05. The molecule has 2 heterocycles. The molecule has 2 aliphatic rings. The molecule has 0 aromatic heterocycles. The van der Waals surface area contributed by atoms with Gasteiger partial charge in [-0.15, -0.1) is 0 Å². The smallest absolute Gasteiger partial charge is 0.236 e. The average molecular weight is 338 g/mol. The van der Waals surface area contributed by atoms with E-state index in [0.29, 0.717) is 25.0 Å². The molecule has 1 N–H and O–H groups in total. The van der Waals surface area contributed by atoms with Crippen LogP contribution in [0.2, 0.25) is 0 Å². The molecule has 0 aromatic rings. The quantitative estimate of drug-likeness (QED) is 0.777. The Kier molecular flexibility index (Phi) is 7.49. The number of nitrogens with zero attached hydrogens (tertiary/aromatic N) is 3. The Labute approximate surface area is 146 Å². The van der Waals surface area contributed by atoms with Crippen molar-refractivity contribution in [3.63, 3.8) is 0 Å². The van der Waals surface area contributed by atoms with E-state index in [2.05, 4.69) is 34.0 Å². The minimum Gasteiger partial charge on any atom is -0.358 e. The molecule has 2 fully saturated rings. The van der Waals surface area contributed by atoms with E-state index in [9.17, 15) is 9.59 Å². The van der Waals surface area contributed by atoms with Gasteiger partial charge in [0.05, 0.1) is 13.1 Å². The zero-order valence-corrected chi connectivity index (χ0v) is 15.6. The molecule has 6 heteroatoms. The highest BCUT2D eigenvalue weighted by Gasteiger charge is 2.26. The Morgan fingerprint density at radius 3 is 2.46 bits per heavy atom. The number of carbonyl (C=O) groups excluding carboxylic acids is 2. The summed E-state index contributed by atoms with van der Waals surface area (Å²) in [5, 5.41) is 2.68. The molecule has 2 rings (SSSR count). The zero-order valence-electron chi connectivity index (χ0n) is 15.6. The normalized spacial score (nSPS) is 23.5. The number of likely N-dealkylation sites (N-methyl/N-ethyl adjacent to an activating group) is 2. The van der Waals surface area contributed by atoms with Gasteiger partial charge in [0.25, 0.3) is 0 Å². The first-order valence-electron chi connectivity index (χ1n) is 9.40. The van der Waals surface area contributed by atoms with Crippen molar-refractivity contribution < 1.29 is 9.59 Å². The van der Waals surface area contributed by atoms with Gasteiger partial charge in [0.2, 0.25) is 11.8 Å². The second kappa shape index (κ2) is 9.37. The van der Waals surface area contributed by atoms with Crippen LogP contribution in [0.5, 0.6) is 0 Å². The lowest BCUT2D eigenvalue weighted by atomic mass is 9.96. The van der Waals surface area contributed by atoms with E-state index in [-0.39, 0.29) is 11.8 Å². The van der Waals surface area contributed by atoms with Crippen LogP contribution < -0.4 is 5.32 Å². The van der Waals surface area contributed by atoms with Crippen molar-refractivity contribution in [3.05, 3.63) is 0 Å². The van der Waals surface area contributed by atoms with Gasteiger partial charge in [0.15, 0.2) is 0 Å². The van der Waals surface area contributed by atoms with Crippen molar-refractivity contribution in [3.8, 4) is 0 Å². The second-order valence-corrected chi connectivity index (χ2v) is 7.52. The lowest BCUT2D eigenvalue weighted by Crippen LogP contribution is -2.47. The molecule has 6 nitrogen and oxygen atoms in total. The third kappa shape index (κ3) is 5.74. The van der Waals surface area contributed by atoms with Gasteiger partial charge in [0.1, 0.15) is 0 Å². The van der Waals surface area contributed by atoms with Crippen LogP contribution in [-0.4, -0.2) is 85.9 Å². The van der Waals surface area contributed by atoms with E-state index in [1.54, 1.807) is 7.05 Å². The number of hydrogen-bond donors (Lipinski definition) is 1. The van der Waals surface area contributed by atoms with Gasteiger partial charge in [0, 0.05) is 26.2 Å². The first-order valence-corrected chi connectivity index (χ1v) is 9.40. The van der Waals surface area contributed by atoms with Gasteiger partial charge in [-0.2, -0.15) is 0 Å². The van der Waals surface area contributed by atoms with Gasteiger partial charge >= 0.3 is 0 Å². The number of rotatable bonds is 6. The number of likely N-dealkylation sites (tertiary alicyclic amines) is 2. The standard InChI is InChI=1S/C18H34N4O2/c1-15-6-4-5-9-22(15)18(24)14-20(3)12-16-7-10-21(11-8-16)13-17(23)19-2/h15-16H,4-14H2,1-3H3,(H,19,23). The molecule has 0 bridgehead atoms. The molecule has 2 amide bonds. The van der Waals surface area contributed by atoms with Crippen molar-refractivity contribution in [1.29, 1.82) is 0 Å². The Bertz CT molecular complexity index is 421. The Balaban J connectivity index is 1.68. The monoisotopic (exact) mass is 338 g/mol. The molecular weight excluding hydrogens is 304 g/mol. The third-order valence-electron chi connectivity index (χ3n) is 5.45. The lowest BCUT2D eigenvalue weighted by Gasteiger charge is -2.36. The summed E-state index contributed by atoms with van der Waals surface area (Å²) in [4.78, 5) is 30.4. The maximum absolute atomic E-state index is 12.5. The fourth-order valence-corrected chi connectivity index (χ4v) is 3.90. The number of amides is 2. The van der Waals surface area contributed by atoms with Gasteiger partial charge in [-0.3, -0.25) is 19.4 Å². The maximum atomic E-state index is 12.5. The molecule has 138 valence electrons. The maximum Gasteiger partial charge on any atom is 0.236 e. The van der Waals surface area contributed by atoms with Crippen LogP contribution in [0.4, 0.5) is 0 Å². The summed E-state index contributed by atoms with van der Waals surface area (Å²) < 4.78 is 0. The van der Waals surface area contributed by atoms with Crippen LogP contribution >= 0.6 is 0 Å². The van der Waals surface area contributed by atoms with Gasteiger partial charge < -0.3 is 10.2 Å². The zero-order chi connectivity index (χ0) is 17.5. The van der Waals surface area contributed by atoms with E-state index in [1.165, 1.54) is 6.42 Å². The molecule has 0 aliphatic carbocycles. The summed E-state index contributed by atoms with van der Waals surface area (Å²) in [5.74, 6) is 0.996. The van der Waals surface area contributed by atoms with Crippen LogP contribution in [-0.2, 0) is 9.59 Å². The average Bonchev–Trinajstić information content (AvgIpc) is 2.56. The predicted molar refractivity (Wildman–Crippen MR) is 95.8 cm³/mol. The highest BCUT2D eigenvalue weighted by molar-refractivity contribution is 5.78. The summed E-state index contributed by atoms with van der Waals surface area (Å²) in [7, 11) is 3.74. The molecule has 0 radical (unpaired) electrons. The van der Waals surface area contributed by atoms with Crippen LogP contribution in [0.1, 0.15) is 39.0 Å². The van der Waals surface area contributed by atoms with Gasteiger partial charge in [-0.05, 0) is 65.1 Å². The van der Waals surface area contributed by atoms with Crippen molar-refractivity contribution in [2.75, 3.05) is 53.4 Å². The molecule has 0 saturated carbocycles. The topological polar surface area (TPSA) is 55.9 Å². The molecule has 0 aromatic carbocycles. The molecule has 1 atom stereocenters. The van der Waals surface area contributed by atoms with Crippen LogP contribution in [0.25, 0.3) is 0 Å². The van der Waals surface area contributed by atoms with E-state index in [1.807, 2.05) is 0 Å². The Morgan fingerprint density at radius 2 is 1.83 bits per heavy atom.